The zero-order valence-electron chi connectivity index (χ0n) is 12.6. The van der Waals surface area contributed by atoms with Gasteiger partial charge in [0.1, 0.15) is 11.8 Å². The zero-order chi connectivity index (χ0) is 16.0. The van der Waals surface area contributed by atoms with Gasteiger partial charge in [-0.05, 0) is 33.6 Å². The van der Waals surface area contributed by atoms with Crippen LogP contribution in [0.1, 0.15) is 33.6 Å². The molecule has 21 heavy (non-hydrogen) atoms. The second-order valence-corrected chi connectivity index (χ2v) is 5.85. The minimum absolute atomic E-state index is 0.179. The molecule has 0 radical (unpaired) electrons. The van der Waals surface area contributed by atoms with Gasteiger partial charge in [0.15, 0.2) is 0 Å². The summed E-state index contributed by atoms with van der Waals surface area (Å²) in [6, 6.07) is -0.179. The van der Waals surface area contributed by atoms with E-state index in [0.29, 0.717) is 13.1 Å². The maximum Gasteiger partial charge on any atom is 0.410 e. The highest BCUT2D eigenvalue weighted by Crippen LogP contribution is 2.17. The molecule has 0 saturated carbocycles. The Labute approximate surface area is 123 Å². The number of ether oxygens (including phenoxy) is 1. The van der Waals surface area contributed by atoms with Gasteiger partial charge in [-0.15, -0.1) is 0 Å². The number of hydrogen-bond acceptors (Lipinski definition) is 6. The van der Waals surface area contributed by atoms with Crippen molar-refractivity contribution in [2.24, 2.45) is 10.7 Å². The standard InChI is InChI=1S/C13H22N4O4/c1-13(2,3)21-12(18)16-6-4-5-10(9-16)15-8-11(7-14)17(19)20/h7-8,10H,4-6,9,14H2,1-3H3/b11-7+,15-8?. The molecule has 1 saturated heterocycles. The molecule has 1 unspecified atom stereocenters. The molecule has 0 aromatic rings. The number of piperidine rings is 1. The van der Waals surface area contributed by atoms with Crippen LogP contribution in [0, 0.1) is 10.1 Å². The molecule has 1 aliphatic heterocycles. The predicted molar refractivity (Wildman–Crippen MR) is 78.6 cm³/mol. The van der Waals surface area contributed by atoms with Gasteiger partial charge in [-0.1, -0.05) is 0 Å². The van der Waals surface area contributed by atoms with Gasteiger partial charge < -0.3 is 15.4 Å². The molecule has 118 valence electrons. The third-order valence-corrected chi connectivity index (χ3v) is 2.85. The Morgan fingerprint density at radius 3 is 2.71 bits per heavy atom. The number of nitrogens with zero attached hydrogens (tertiary/aromatic N) is 3. The van der Waals surface area contributed by atoms with Gasteiger partial charge in [-0.25, -0.2) is 4.79 Å². The molecule has 0 aromatic heterocycles. The van der Waals surface area contributed by atoms with Gasteiger partial charge in [-0.2, -0.15) is 0 Å². The van der Waals surface area contributed by atoms with Crippen molar-refractivity contribution < 1.29 is 14.5 Å². The van der Waals surface area contributed by atoms with Crippen LogP contribution >= 0.6 is 0 Å². The van der Waals surface area contributed by atoms with Crippen molar-refractivity contribution in [3.05, 3.63) is 22.0 Å². The Bertz CT molecular complexity index is 454. The SMILES string of the molecule is CC(C)(C)OC(=O)N1CCCC(N=C/C(=C\N)[N+](=O)[O-])C1. The minimum Gasteiger partial charge on any atom is -0.444 e. The molecule has 1 rings (SSSR count). The summed E-state index contributed by atoms with van der Waals surface area (Å²) in [6.45, 7) is 6.41. The normalized spacial score (nSPS) is 20.6. The number of carbonyl (C=O) groups excluding carboxylic acids is 1. The van der Waals surface area contributed by atoms with Crippen molar-refractivity contribution in [2.45, 2.75) is 45.3 Å². The first-order valence-corrected chi connectivity index (χ1v) is 6.80. The first kappa shape index (κ1) is 16.9. The summed E-state index contributed by atoms with van der Waals surface area (Å²) in [6.07, 6.45) is 3.21. The summed E-state index contributed by atoms with van der Waals surface area (Å²) in [7, 11) is 0. The fourth-order valence-corrected chi connectivity index (χ4v) is 1.90. The average molecular weight is 298 g/mol. The van der Waals surface area contributed by atoms with Crippen LogP contribution in [0.15, 0.2) is 16.9 Å². The smallest absolute Gasteiger partial charge is 0.410 e. The number of aliphatic imine (C=N–C) groups is 1. The van der Waals surface area contributed by atoms with Gasteiger partial charge in [0.25, 0.3) is 0 Å². The van der Waals surface area contributed by atoms with Crippen LogP contribution in [-0.4, -0.2) is 46.9 Å². The molecule has 0 aromatic carbocycles. The van der Waals surface area contributed by atoms with Gasteiger partial charge in [0.05, 0.1) is 17.2 Å². The minimum atomic E-state index is -0.599. The third-order valence-electron chi connectivity index (χ3n) is 2.85. The van der Waals surface area contributed by atoms with Crippen LogP contribution in [0.5, 0.6) is 0 Å². The summed E-state index contributed by atoms with van der Waals surface area (Å²) in [5, 5.41) is 10.6. The van der Waals surface area contributed by atoms with Gasteiger partial charge in [0, 0.05) is 13.1 Å². The lowest BCUT2D eigenvalue weighted by Crippen LogP contribution is -2.44. The van der Waals surface area contributed by atoms with E-state index in [1.54, 1.807) is 25.7 Å². The van der Waals surface area contributed by atoms with Crippen LogP contribution in [0.25, 0.3) is 0 Å². The number of hydrogen-bond donors (Lipinski definition) is 1. The van der Waals surface area contributed by atoms with Gasteiger partial charge in [-0.3, -0.25) is 15.1 Å². The number of amides is 1. The Morgan fingerprint density at radius 2 is 2.19 bits per heavy atom. The maximum absolute atomic E-state index is 12.0. The molecule has 0 aliphatic carbocycles. The predicted octanol–water partition coefficient (Wildman–Crippen LogP) is 1.53. The molecule has 1 aliphatic rings. The number of likely N-dealkylation sites (tertiary alicyclic amines) is 1. The highest BCUT2D eigenvalue weighted by Gasteiger charge is 2.27. The second-order valence-electron chi connectivity index (χ2n) is 5.85. The Hall–Kier alpha value is -2.12. The largest absolute Gasteiger partial charge is 0.444 e. The third kappa shape index (κ3) is 5.80. The summed E-state index contributed by atoms with van der Waals surface area (Å²) >= 11 is 0. The van der Waals surface area contributed by atoms with Crippen molar-refractivity contribution in [1.82, 2.24) is 4.90 Å². The van der Waals surface area contributed by atoms with E-state index in [4.69, 9.17) is 10.5 Å². The first-order valence-electron chi connectivity index (χ1n) is 6.80. The van der Waals surface area contributed by atoms with Crippen molar-refractivity contribution >= 4 is 12.3 Å². The van der Waals surface area contributed by atoms with Gasteiger partial charge >= 0.3 is 11.8 Å². The number of carbonyl (C=O) groups is 1. The van der Waals surface area contributed by atoms with Crippen LogP contribution in [0.2, 0.25) is 0 Å². The monoisotopic (exact) mass is 298 g/mol. The van der Waals surface area contributed by atoms with Crippen molar-refractivity contribution in [1.29, 1.82) is 0 Å². The van der Waals surface area contributed by atoms with Crippen LogP contribution in [-0.2, 0) is 4.74 Å². The highest BCUT2D eigenvalue weighted by molar-refractivity contribution is 5.75. The average Bonchev–Trinajstić information content (AvgIpc) is 2.37. The number of rotatable bonds is 3. The Kier molecular flexibility index (Phi) is 5.69. The second kappa shape index (κ2) is 7.05. The topological polar surface area (TPSA) is 111 Å². The molecule has 8 heteroatoms. The molecule has 1 heterocycles. The van der Waals surface area contributed by atoms with E-state index >= 15 is 0 Å². The van der Waals surface area contributed by atoms with Crippen molar-refractivity contribution in [3.63, 3.8) is 0 Å². The summed E-state index contributed by atoms with van der Waals surface area (Å²) in [4.78, 5) is 27.7. The zero-order valence-corrected chi connectivity index (χ0v) is 12.6. The molecule has 2 N–H and O–H groups in total. The molecule has 1 amide bonds. The Morgan fingerprint density at radius 1 is 1.52 bits per heavy atom. The van der Waals surface area contributed by atoms with E-state index in [2.05, 4.69) is 4.99 Å². The fourth-order valence-electron chi connectivity index (χ4n) is 1.90. The summed E-state index contributed by atoms with van der Waals surface area (Å²) in [5.41, 5.74) is 4.35. The highest BCUT2D eigenvalue weighted by atomic mass is 16.6. The number of nitro groups is 1. The lowest BCUT2D eigenvalue weighted by atomic mass is 10.1. The van der Waals surface area contributed by atoms with E-state index in [0.717, 1.165) is 25.3 Å². The molecule has 0 bridgehead atoms. The first-order chi connectivity index (χ1) is 9.73. The van der Waals surface area contributed by atoms with Crippen molar-refractivity contribution in [3.8, 4) is 0 Å². The molecule has 0 spiro atoms. The Balaban J connectivity index is 2.62. The van der Waals surface area contributed by atoms with Crippen LogP contribution < -0.4 is 5.73 Å². The molecular weight excluding hydrogens is 276 g/mol. The van der Waals surface area contributed by atoms with E-state index in [1.807, 2.05) is 0 Å². The van der Waals surface area contributed by atoms with E-state index in [9.17, 15) is 14.9 Å². The van der Waals surface area contributed by atoms with Crippen molar-refractivity contribution in [2.75, 3.05) is 13.1 Å². The van der Waals surface area contributed by atoms with E-state index in [-0.39, 0.29) is 17.8 Å². The number of nitrogens with two attached hydrogens (primary N) is 1. The summed E-state index contributed by atoms with van der Waals surface area (Å²) < 4.78 is 5.31. The van der Waals surface area contributed by atoms with Crippen LogP contribution in [0.4, 0.5) is 4.79 Å². The molecular formula is C13H22N4O4. The van der Waals surface area contributed by atoms with E-state index in [1.165, 1.54) is 0 Å². The lowest BCUT2D eigenvalue weighted by Gasteiger charge is -2.32. The lowest BCUT2D eigenvalue weighted by molar-refractivity contribution is -0.414. The molecule has 8 nitrogen and oxygen atoms in total. The molecule has 1 fully saturated rings. The van der Waals surface area contributed by atoms with E-state index < -0.39 is 10.5 Å². The van der Waals surface area contributed by atoms with Gasteiger partial charge in [0.2, 0.25) is 0 Å². The maximum atomic E-state index is 12.0. The molecule has 1 atom stereocenters. The summed E-state index contributed by atoms with van der Waals surface area (Å²) in [5.74, 6) is 0. The quantitative estimate of drug-likeness (QED) is 0.482. The number of allylic oxidation sites excluding steroid dienone is 1. The van der Waals surface area contributed by atoms with Crippen LogP contribution in [0.3, 0.4) is 0 Å². The fraction of sp³-hybridized carbons (Fsp3) is 0.692.